The van der Waals surface area contributed by atoms with Gasteiger partial charge in [0.25, 0.3) is 0 Å². The van der Waals surface area contributed by atoms with Gasteiger partial charge in [-0.2, -0.15) is 0 Å². The summed E-state index contributed by atoms with van der Waals surface area (Å²) in [4.78, 5) is 9.57. The highest BCUT2D eigenvalue weighted by atomic mass is 15.2. The number of hydrogen-bond acceptors (Lipinski definition) is 4. The molecule has 1 aromatic rings. The fourth-order valence-corrected chi connectivity index (χ4v) is 2.68. The van der Waals surface area contributed by atoms with Crippen LogP contribution < -0.4 is 10.2 Å². The molecule has 4 heteroatoms. The van der Waals surface area contributed by atoms with Crippen molar-refractivity contribution in [3.8, 4) is 0 Å². The summed E-state index contributed by atoms with van der Waals surface area (Å²) in [5.41, 5.74) is 2.69. The van der Waals surface area contributed by atoms with Crippen molar-refractivity contribution in [3.63, 3.8) is 0 Å². The Kier molecular flexibility index (Phi) is 5.22. The van der Waals surface area contributed by atoms with Crippen LogP contribution >= 0.6 is 0 Å². The summed E-state index contributed by atoms with van der Waals surface area (Å²) in [5, 5.41) is 3.52. The molecule has 1 aliphatic heterocycles. The predicted molar refractivity (Wildman–Crippen MR) is 89.9 cm³/mol. The Balaban J connectivity index is 2.04. The van der Waals surface area contributed by atoms with Gasteiger partial charge in [-0.25, -0.2) is 4.98 Å². The van der Waals surface area contributed by atoms with Crippen molar-refractivity contribution in [2.75, 3.05) is 38.1 Å². The van der Waals surface area contributed by atoms with Crippen LogP contribution in [0.1, 0.15) is 38.3 Å². The van der Waals surface area contributed by atoms with Crippen molar-refractivity contribution in [1.82, 2.24) is 15.2 Å². The van der Waals surface area contributed by atoms with Crippen LogP contribution in [0.2, 0.25) is 0 Å². The third kappa shape index (κ3) is 4.97. The van der Waals surface area contributed by atoms with Crippen molar-refractivity contribution in [2.45, 2.75) is 46.2 Å². The molecule has 2 rings (SSSR count). The zero-order chi connectivity index (χ0) is 15.5. The van der Waals surface area contributed by atoms with Crippen molar-refractivity contribution in [3.05, 3.63) is 23.4 Å². The number of nitrogens with zero attached hydrogens (tertiary/aromatic N) is 3. The molecule has 0 aliphatic carbocycles. The van der Waals surface area contributed by atoms with E-state index in [4.69, 9.17) is 4.98 Å². The Morgan fingerprint density at radius 2 is 1.95 bits per heavy atom. The van der Waals surface area contributed by atoms with Crippen LogP contribution in [0.4, 0.5) is 5.82 Å². The van der Waals surface area contributed by atoms with Gasteiger partial charge in [-0.1, -0.05) is 0 Å². The summed E-state index contributed by atoms with van der Waals surface area (Å²) in [6.07, 6.45) is 3.24. The molecule has 21 heavy (non-hydrogen) atoms. The summed E-state index contributed by atoms with van der Waals surface area (Å²) in [6.45, 7) is 14.1. The lowest BCUT2D eigenvalue weighted by atomic mass is 10.1. The van der Waals surface area contributed by atoms with E-state index in [1.165, 1.54) is 24.1 Å². The fraction of sp³-hybridized carbons (Fsp3) is 0.706. The predicted octanol–water partition coefficient (Wildman–Crippen LogP) is 2.42. The first-order chi connectivity index (χ1) is 9.85. The zero-order valence-corrected chi connectivity index (χ0v) is 14.2. The van der Waals surface area contributed by atoms with Gasteiger partial charge in [0, 0.05) is 37.9 Å². The Labute approximate surface area is 129 Å². The molecule has 2 heterocycles. The summed E-state index contributed by atoms with van der Waals surface area (Å²) in [7, 11) is 2.20. The summed E-state index contributed by atoms with van der Waals surface area (Å²) in [6, 6.07) is 2.27. The lowest BCUT2D eigenvalue weighted by molar-refractivity contribution is 0.360. The van der Waals surface area contributed by atoms with Gasteiger partial charge >= 0.3 is 0 Å². The van der Waals surface area contributed by atoms with E-state index in [2.05, 4.69) is 55.9 Å². The Bertz CT molecular complexity index is 464. The highest BCUT2D eigenvalue weighted by Gasteiger charge is 2.16. The molecule has 0 atom stereocenters. The van der Waals surface area contributed by atoms with E-state index in [-0.39, 0.29) is 5.54 Å². The van der Waals surface area contributed by atoms with Crippen LogP contribution in [0.25, 0.3) is 0 Å². The summed E-state index contributed by atoms with van der Waals surface area (Å²) in [5.74, 6) is 1.16. The highest BCUT2D eigenvalue weighted by Crippen LogP contribution is 2.19. The van der Waals surface area contributed by atoms with E-state index < -0.39 is 0 Å². The van der Waals surface area contributed by atoms with E-state index in [0.29, 0.717) is 0 Å². The zero-order valence-electron chi connectivity index (χ0n) is 14.2. The van der Waals surface area contributed by atoms with Crippen molar-refractivity contribution in [1.29, 1.82) is 0 Å². The molecule has 0 radical (unpaired) electrons. The molecule has 1 fully saturated rings. The first kappa shape index (κ1) is 16.2. The Hall–Kier alpha value is -1.13. The molecule has 118 valence electrons. The second-order valence-electron chi connectivity index (χ2n) is 7.23. The third-order valence-electron chi connectivity index (χ3n) is 3.95. The lowest BCUT2D eigenvalue weighted by Crippen LogP contribution is -2.35. The molecular weight excluding hydrogens is 260 g/mol. The van der Waals surface area contributed by atoms with E-state index >= 15 is 0 Å². The maximum atomic E-state index is 4.74. The topological polar surface area (TPSA) is 31.4 Å². The number of nitrogens with one attached hydrogen (secondary N) is 1. The number of likely N-dealkylation sites (N-methyl/N-ethyl adjacent to an activating group) is 1. The average Bonchev–Trinajstić information content (AvgIpc) is 2.61. The molecule has 1 saturated heterocycles. The molecule has 0 amide bonds. The fourth-order valence-electron chi connectivity index (χ4n) is 2.68. The van der Waals surface area contributed by atoms with E-state index in [0.717, 1.165) is 32.0 Å². The maximum absolute atomic E-state index is 4.74. The first-order valence-corrected chi connectivity index (χ1v) is 7.99. The molecule has 1 aromatic heterocycles. The van der Waals surface area contributed by atoms with E-state index in [9.17, 15) is 0 Å². The standard InChI is InChI=1S/C17H30N4/c1-14-11-15(13-19-17(2,3)4)12-18-16(14)21-8-6-7-20(5)9-10-21/h11-12,19H,6-10,13H2,1-5H3. The minimum Gasteiger partial charge on any atom is -0.355 e. The van der Waals surface area contributed by atoms with Crippen LogP contribution in [-0.2, 0) is 6.54 Å². The summed E-state index contributed by atoms with van der Waals surface area (Å²) < 4.78 is 0. The van der Waals surface area contributed by atoms with E-state index in [1.807, 2.05) is 6.20 Å². The Morgan fingerprint density at radius 3 is 2.62 bits per heavy atom. The molecule has 4 nitrogen and oxygen atoms in total. The molecule has 0 bridgehead atoms. The number of anilines is 1. The number of aromatic nitrogens is 1. The van der Waals surface area contributed by atoms with Gasteiger partial charge in [-0.3, -0.25) is 0 Å². The monoisotopic (exact) mass is 290 g/mol. The first-order valence-electron chi connectivity index (χ1n) is 7.99. The van der Waals surface area contributed by atoms with Crippen LogP contribution in [0.15, 0.2) is 12.3 Å². The van der Waals surface area contributed by atoms with Gasteiger partial charge in [0.1, 0.15) is 5.82 Å². The molecule has 1 N–H and O–H groups in total. The van der Waals surface area contributed by atoms with Gasteiger partial charge in [-0.05, 0) is 64.9 Å². The molecule has 0 unspecified atom stereocenters. The Morgan fingerprint density at radius 1 is 1.19 bits per heavy atom. The van der Waals surface area contributed by atoms with Gasteiger partial charge in [0.2, 0.25) is 0 Å². The highest BCUT2D eigenvalue weighted by molar-refractivity contribution is 5.47. The van der Waals surface area contributed by atoms with Gasteiger partial charge in [-0.15, -0.1) is 0 Å². The number of hydrogen-bond donors (Lipinski definition) is 1. The van der Waals surface area contributed by atoms with Gasteiger partial charge < -0.3 is 15.1 Å². The van der Waals surface area contributed by atoms with Gasteiger partial charge in [0.05, 0.1) is 0 Å². The normalized spacial score (nSPS) is 17.9. The van der Waals surface area contributed by atoms with Gasteiger partial charge in [0.15, 0.2) is 0 Å². The number of rotatable bonds is 3. The maximum Gasteiger partial charge on any atom is 0.131 e. The smallest absolute Gasteiger partial charge is 0.131 e. The SMILES string of the molecule is Cc1cc(CNC(C)(C)C)cnc1N1CCCN(C)CC1. The second-order valence-corrected chi connectivity index (χ2v) is 7.23. The summed E-state index contributed by atoms with van der Waals surface area (Å²) >= 11 is 0. The van der Waals surface area contributed by atoms with Crippen molar-refractivity contribution < 1.29 is 0 Å². The van der Waals surface area contributed by atoms with Crippen molar-refractivity contribution >= 4 is 5.82 Å². The quantitative estimate of drug-likeness (QED) is 0.926. The van der Waals surface area contributed by atoms with Crippen LogP contribution in [0.5, 0.6) is 0 Å². The molecular formula is C17H30N4. The average molecular weight is 290 g/mol. The molecule has 0 saturated carbocycles. The minimum absolute atomic E-state index is 0.141. The minimum atomic E-state index is 0.141. The number of aryl methyl sites for hydroxylation is 1. The van der Waals surface area contributed by atoms with Crippen molar-refractivity contribution in [2.24, 2.45) is 0 Å². The largest absolute Gasteiger partial charge is 0.355 e. The lowest BCUT2D eigenvalue weighted by Gasteiger charge is -2.24. The molecule has 0 aromatic carbocycles. The second kappa shape index (κ2) is 6.75. The third-order valence-corrected chi connectivity index (χ3v) is 3.95. The molecule has 0 spiro atoms. The van der Waals surface area contributed by atoms with E-state index in [1.54, 1.807) is 0 Å². The number of pyridine rings is 1. The van der Waals surface area contributed by atoms with Crippen LogP contribution in [0, 0.1) is 6.92 Å². The van der Waals surface area contributed by atoms with Crippen LogP contribution in [0.3, 0.4) is 0 Å². The molecule has 1 aliphatic rings. The van der Waals surface area contributed by atoms with Crippen LogP contribution in [-0.4, -0.2) is 48.6 Å².